The van der Waals surface area contributed by atoms with Crippen molar-refractivity contribution in [1.29, 1.82) is 0 Å². The Balaban J connectivity index is 1.38. The maximum atomic E-state index is 13.5. The molecule has 0 saturated carbocycles. The highest BCUT2D eigenvalue weighted by Crippen LogP contribution is 2.34. The monoisotopic (exact) mass is 488 g/mol. The molecule has 5 rings (SSSR count). The SMILES string of the molecule is O=C(C(=Cc1ccc(F)cc1)c1cccs1)N1CCN(c2ccc([N+](=O)[O-])c3cnccc23)CC1. The lowest BCUT2D eigenvalue weighted by Crippen LogP contribution is -2.49. The zero-order valence-electron chi connectivity index (χ0n) is 18.6. The zero-order valence-corrected chi connectivity index (χ0v) is 19.5. The molecule has 1 amide bonds. The van der Waals surface area contributed by atoms with E-state index in [2.05, 4.69) is 9.88 Å². The second-order valence-corrected chi connectivity index (χ2v) is 9.10. The van der Waals surface area contributed by atoms with E-state index in [1.54, 1.807) is 36.5 Å². The second kappa shape index (κ2) is 9.63. The number of thiophene rings is 1. The lowest BCUT2D eigenvalue weighted by Gasteiger charge is -2.37. The van der Waals surface area contributed by atoms with E-state index >= 15 is 0 Å². The lowest BCUT2D eigenvalue weighted by molar-refractivity contribution is -0.383. The number of rotatable bonds is 5. The van der Waals surface area contributed by atoms with Crippen molar-refractivity contribution >= 4 is 51.0 Å². The van der Waals surface area contributed by atoms with E-state index < -0.39 is 4.92 Å². The third-order valence-corrected chi connectivity index (χ3v) is 6.98. The molecule has 1 aliphatic rings. The molecule has 0 aliphatic carbocycles. The van der Waals surface area contributed by atoms with Crippen molar-refractivity contribution in [3.05, 3.63) is 98.7 Å². The Morgan fingerprint density at radius 1 is 1.03 bits per heavy atom. The van der Waals surface area contributed by atoms with Crippen LogP contribution in [-0.4, -0.2) is 46.9 Å². The van der Waals surface area contributed by atoms with Crippen molar-refractivity contribution in [3.8, 4) is 0 Å². The van der Waals surface area contributed by atoms with E-state index in [9.17, 15) is 19.3 Å². The van der Waals surface area contributed by atoms with Crippen LogP contribution in [0.4, 0.5) is 15.8 Å². The summed E-state index contributed by atoms with van der Waals surface area (Å²) in [4.78, 5) is 33.4. The van der Waals surface area contributed by atoms with E-state index in [1.807, 2.05) is 22.4 Å². The number of anilines is 1. The second-order valence-electron chi connectivity index (χ2n) is 8.15. The number of nitro groups is 1. The summed E-state index contributed by atoms with van der Waals surface area (Å²) in [6, 6.07) is 14.9. The first-order chi connectivity index (χ1) is 17.0. The van der Waals surface area contributed by atoms with Crippen LogP contribution in [0.15, 0.2) is 72.4 Å². The van der Waals surface area contributed by atoms with Gasteiger partial charge in [0, 0.05) is 60.6 Å². The Morgan fingerprint density at radius 2 is 1.80 bits per heavy atom. The number of non-ortho nitro benzene ring substituents is 1. The summed E-state index contributed by atoms with van der Waals surface area (Å²) in [5.41, 5.74) is 2.25. The Bertz CT molecular complexity index is 1410. The number of pyridine rings is 1. The number of piperazine rings is 1. The van der Waals surface area contributed by atoms with E-state index in [0.717, 1.165) is 21.5 Å². The highest BCUT2D eigenvalue weighted by atomic mass is 32.1. The summed E-state index contributed by atoms with van der Waals surface area (Å²) in [5, 5.41) is 14.6. The smallest absolute Gasteiger partial charge is 0.278 e. The largest absolute Gasteiger partial charge is 0.367 e. The Morgan fingerprint density at radius 3 is 2.49 bits per heavy atom. The fourth-order valence-corrected chi connectivity index (χ4v) is 5.04. The summed E-state index contributed by atoms with van der Waals surface area (Å²) in [7, 11) is 0. The van der Waals surface area contributed by atoms with Crippen LogP contribution in [0.25, 0.3) is 22.4 Å². The Kier molecular flexibility index (Phi) is 6.24. The van der Waals surface area contributed by atoms with Crippen molar-refractivity contribution in [2.24, 2.45) is 0 Å². The molecule has 0 radical (unpaired) electrons. The van der Waals surface area contributed by atoms with E-state index in [0.29, 0.717) is 37.1 Å². The minimum atomic E-state index is -0.399. The molecule has 3 heterocycles. The van der Waals surface area contributed by atoms with Crippen molar-refractivity contribution < 1.29 is 14.1 Å². The van der Waals surface area contributed by atoms with Crippen LogP contribution in [0, 0.1) is 15.9 Å². The number of hydrogen-bond acceptors (Lipinski definition) is 6. The number of carbonyl (C=O) groups is 1. The number of amides is 1. The first-order valence-corrected chi connectivity index (χ1v) is 12.0. The fraction of sp³-hybridized carbons (Fsp3) is 0.154. The van der Waals surface area contributed by atoms with Gasteiger partial charge in [0.15, 0.2) is 0 Å². The number of benzene rings is 2. The molecule has 7 nitrogen and oxygen atoms in total. The number of fused-ring (bicyclic) bond motifs is 1. The third-order valence-electron chi connectivity index (χ3n) is 6.07. The average Bonchev–Trinajstić information content (AvgIpc) is 3.42. The van der Waals surface area contributed by atoms with Gasteiger partial charge in [0.25, 0.3) is 11.6 Å². The van der Waals surface area contributed by atoms with Gasteiger partial charge < -0.3 is 9.80 Å². The van der Waals surface area contributed by atoms with Crippen molar-refractivity contribution in [2.45, 2.75) is 0 Å². The molecule has 2 aromatic carbocycles. The predicted octanol–water partition coefficient (Wildman–Crippen LogP) is 5.23. The molecule has 0 N–H and O–H groups in total. The van der Waals surface area contributed by atoms with Gasteiger partial charge in [-0.1, -0.05) is 18.2 Å². The van der Waals surface area contributed by atoms with E-state index in [4.69, 9.17) is 0 Å². The number of nitro benzene ring substituents is 1. The standard InChI is InChI=1S/C26H21FN4O3S/c27-19-5-3-18(4-6-19)16-21(25-2-1-15-35-25)26(32)30-13-11-29(12-14-30)23-7-8-24(31(33)34)22-17-28-10-9-20(22)23/h1-10,15-17H,11-14H2. The number of nitrogens with zero attached hydrogens (tertiary/aromatic N) is 4. The quantitative estimate of drug-likeness (QED) is 0.218. The summed E-state index contributed by atoms with van der Waals surface area (Å²) >= 11 is 1.49. The van der Waals surface area contributed by atoms with Crippen LogP contribution < -0.4 is 4.90 Å². The van der Waals surface area contributed by atoms with Gasteiger partial charge in [-0.15, -0.1) is 11.3 Å². The summed E-state index contributed by atoms with van der Waals surface area (Å²) in [6.45, 7) is 2.20. The van der Waals surface area contributed by atoms with Crippen LogP contribution in [0.5, 0.6) is 0 Å². The first kappa shape index (κ1) is 22.7. The van der Waals surface area contributed by atoms with Crippen LogP contribution in [0.1, 0.15) is 10.4 Å². The van der Waals surface area contributed by atoms with Gasteiger partial charge in [0.1, 0.15) is 5.82 Å². The summed E-state index contributed by atoms with van der Waals surface area (Å²) in [6.07, 6.45) is 4.95. The molecule has 0 bridgehead atoms. The number of halogens is 1. The number of hydrogen-bond donors (Lipinski definition) is 0. The molecule has 176 valence electrons. The molecule has 0 unspecified atom stereocenters. The predicted molar refractivity (Wildman–Crippen MR) is 136 cm³/mol. The van der Waals surface area contributed by atoms with Gasteiger partial charge in [-0.05, 0) is 47.4 Å². The first-order valence-electron chi connectivity index (χ1n) is 11.1. The molecular formula is C26H21FN4O3S. The molecule has 9 heteroatoms. The van der Waals surface area contributed by atoms with Gasteiger partial charge in [-0.3, -0.25) is 19.9 Å². The lowest BCUT2D eigenvalue weighted by atomic mass is 10.1. The van der Waals surface area contributed by atoms with Crippen LogP contribution in [0.3, 0.4) is 0 Å². The fourth-order valence-electron chi connectivity index (χ4n) is 4.31. The van der Waals surface area contributed by atoms with Gasteiger partial charge in [0.05, 0.1) is 15.9 Å². The Labute approximate surface area is 204 Å². The molecule has 1 aliphatic heterocycles. The normalized spacial score (nSPS) is 14.4. The third kappa shape index (κ3) is 4.63. The maximum Gasteiger partial charge on any atom is 0.278 e. The number of aromatic nitrogens is 1. The summed E-state index contributed by atoms with van der Waals surface area (Å²) in [5.74, 6) is -0.397. The average molecular weight is 489 g/mol. The van der Waals surface area contributed by atoms with Gasteiger partial charge in [0.2, 0.25) is 0 Å². The highest BCUT2D eigenvalue weighted by Gasteiger charge is 2.26. The zero-order chi connectivity index (χ0) is 24.4. The molecule has 0 atom stereocenters. The molecule has 1 saturated heterocycles. The van der Waals surface area contributed by atoms with Crippen LogP contribution in [-0.2, 0) is 4.79 Å². The van der Waals surface area contributed by atoms with Gasteiger partial charge in [-0.2, -0.15) is 0 Å². The van der Waals surface area contributed by atoms with Gasteiger partial charge in [-0.25, -0.2) is 4.39 Å². The Hall–Kier alpha value is -4.11. The molecule has 0 spiro atoms. The molecule has 1 fully saturated rings. The molecule has 2 aromatic heterocycles. The van der Waals surface area contributed by atoms with Crippen LogP contribution >= 0.6 is 11.3 Å². The molecule has 35 heavy (non-hydrogen) atoms. The van der Waals surface area contributed by atoms with E-state index in [1.165, 1.54) is 35.7 Å². The molecule has 4 aromatic rings. The molecular weight excluding hydrogens is 467 g/mol. The van der Waals surface area contributed by atoms with Crippen molar-refractivity contribution in [3.63, 3.8) is 0 Å². The van der Waals surface area contributed by atoms with Crippen LogP contribution in [0.2, 0.25) is 0 Å². The van der Waals surface area contributed by atoms with Crippen molar-refractivity contribution in [1.82, 2.24) is 9.88 Å². The summed E-state index contributed by atoms with van der Waals surface area (Å²) < 4.78 is 13.3. The highest BCUT2D eigenvalue weighted by molar-refractivity contribution is 7.11. The number of carbonyl (C=O) groups excluding carboxylic acids is 1. The van der Waals surface area contributed by atoms with E-state index in [-0.39, 0.29) is 17.4 Å². The minimum absolute atomic E-state index is 0.0252. The maximum absolute atomic E-state index is 13.5. The van der Waals surface area contributed by atoms with Gasteiger partial charge >= 0.3 is 0 Å². The minimum Gasteiger partial charge on any atom is -0.367 e. The topological polar surface area (TPSA) is 79.6 Å². The van der Waals surface area contributed by atoms with Crippen molar-refractivity contribution in [2.75, 3.05) is 31.1 Å².